The van der Waals surface area contributed by atoms with Gasteiger partial charge in [0, 0.05) is 23.8 Å². The predicted octanol–water partition coefficient (Wildman–Crippen LogP) is 1.72. The number of sulfone groups is 1. The van der Waals surface area contributed by atoms with Crippen LogP contribution in [0.2, 0.25) is 0 Å². The largest absolute Gasteiger partial charge is 0.318 e. The Morgan fingerprint density at radius 2 is 1.94 bits per heavy atom. The van der Waals surface area contributed by atoms with E-state index in [2.05, 4.69) is 17.4 Å². The van der Waals surface area contributed by atoms with E-state index in [9.17, 15) is 8.42 Å². The minimum Gasteiger partial charge on any atom is -0.318 e. The first-order valence-electron chi connectivity index (χ1n) is 5.52. The van der Waals surface area contributed by atoms with Crippen molar-refractivity contribution in [3.05, 3.63) is 35.9 Å². The van der Waals surface area contributed by atoms with Gasteiger partial charge >= 0.3 is 0 Å². The molecule has 1 unspecified atom stereocenters. The topological polar surface area (TPSA) is 46.2 Å². The van der Waals surface area contributed by atoms with Gasteiger partial charge in [0.25, 0.3) is 0 Å². The van der Waals surface area contributed by atoms with Crippen molar-refractivity contribution in [2.24, 2.45) is 0 Å². The summed E-state index contributed by atoms with van der Waals surface area (Å²) in [5, 5.41) is 3.45. The molecule has 5 heteroatoms. The zero-order valence-electron chi connectivity index (χ0n) is 10.2. The second kappa shape index (κ2) is 7.03. The number of nitrogens with one attached hydrogen (secondary N) is 1. The van der Waals surface area contributed by atoms with Gasteiger partial charge in [-0.2, -0.15) is 11.8 Å². The Kier molecular flexibility index (Phi) is 6.02. The maximum Gasteiger partial charge on any atom is 0.148 e. The van der Waals surface area contributed by atoms with Gasteiger partial charge in [0.1, 0.15) is 9.84 Å². The average molecular weight is 273 g/mol. The lowest BCUT2D eigenvalue weighted by molar-refractivity contribution is 0.603. The number of rotatable bonds is 7. The molecular formula is C12H19NO2S2. The van der Waals surface area contributed by atoms with Crippen LogP contribution < -0.4 is 5.32 Å². The quantitative estimate of drug-likeness (QED) is 0.822. The van der Waals surface area contributed by atoms with E-state index >= 15 is 0 Å². The van der Waals surface area contributed by atoms with Crippen LogP contribution in [-0.4, -0.2) is 39.8 Å². The van der Waals surface area contributed by atoms with Crippen LogP contribution in [0.4, 0.5) is 0 Å². The minimum atomic E-state index is -2.86. The lowest BCUT2D eigenvalue weighted by Crippen LogP contribution is -2.16. The van der Waals surface area contributed by atoms with Crippen LogP contribution in [0.1, 0.15) is 10.8 Å². The van der Waals surface area contributed by atoms with Gasteiger partial charge in [0.2, 0.25) is 0 Å². The molecule has 0 saturated carbocycles. The number of thioether (sulfide) groups is 1. The first-order chi connectivity index (χ1) is 8.03. The summed E-state index contributed by atoms with van der Waals surface area (Å²) in [6, 6.07) is 10.2. The Morgan fingerprint density at radius 1 is 1.29 bits per heavy atom. The Hall–Kier alpha value is -0.520. The highest BCUT2D eigenvalue weighted by atomic mass is 32.2. The van der Waals surface area contributed by atoms with Crippen LogP contribution in [0.25, 0.3) is 0 Å². The Morgan fingerprint density at radius 3 is 2.47 bits per heavy atom. The van der Waals surface area contributed by atoms with E-state index in [0.717, 1.165) is 6.54 Å². The van der Waals surface area contributed by atoms with Crippen LogP contribution >= 0.6 is 11.8 Å². The van der Waals surface area contributed by atoms with Gasteiger partial charge in [-0.05, 0) is 12.6 Å². The SMILES string of the molecule is CNCC(SCCS(C)(=O)=O)c1ccccc1. The molecule has 0 spiro atoms. The third kappa shape index (κ3) is 6.10. The second-order valence-electron chi connectivity index (χ2n) is 3.96. The van der Waals surface area contributed by atoms with Gasteiger partial charge in [-0.3, -0.25) is 0 Å². The number of likely N-dealkylation sites (N-methyl/N-ethyl adjacent to an activating group) is 1. The Labute approximate surface area is 108 Å². The van der Waals surface area contributed by atoms with Crippen molar-refractivity contribution in [1.29, 1.82) is 0 Å². The van der Waals surface area contributed by atoms with Gasteiger partial charge < -0.3 is 5.32 Å². The monoisotopic (exact) mass is 273 g/mol. The highest BCUT2D eigenvalue weighted by molar-refractivity contribution is 8.00. The van der Waals surface area contributed by atoms with Crippen LogP contribution in [0.5, 0.6) is 0 Å². The van der Waals surface area contributed by atoms with E-state index in [1.54, 1.807) is 11.8 Å². The van der Waals surface area contributed by atoms with Crippen LogP contribution in [0.3, 0.4) is 0 Å². The molecule has 0 fully saturated rings. The lowest BCUT2D eigenvalue weighted by Gasteiger charge is -2.16. The van der Waals surface area contributed by atoms with E-state index in [1.807, 2.05) is 25.2 Å². The molecule has 0 bridgehead atoms. The molecule has 0 radical (unpaired) electrons. The molecule has 1 N–H and O–H groups in total. The second-order valence-corrected chi connectivity index (χ2v) is 7.53. The summed E-state index contributed by atoms with van der Waals surface area (Å²) in [5.41, 5.74) is 1.24. The molecule has 0 amide bonds. The Bertz CT molecular complexity index is 417. The number of benzene rings is 1. The van der Waals surface area contributed by atoms with Gasteiger partial charge in [-0.15, -0.1) is 0 Å². The zero-order valence-corrected chi connectivity index (χ0v) is 11.9. The molecule has 1 aromatic rings. The minimum absolute atomic E-state index is 0.241. The van der Waals surface area contributed by atoms with Crippen molar-refractivity contribution in [3.8, 4) is 0 Å². The smallest absolute Gasteiger partial charge is 0.148 e. The molecule has 0 aliphatic carbocycles. The molecule has 0 heterocycles. The summed E-state index contributed by atoms with van der Waals surface area (Å²) in [4.78, 5) is 0. The zero-order chi connectivity index (χ0) is 12.7. The molecule has 1 aromatic carbocycles. The molecule has 0 aromatic heterocycles. The highest BCUT2D eigenvalue weighted by Crippen LogP contribution is 2.27. The van der Waals surface area contributed by atoms with Crippen molar-refractivity contribution >= 4 is 21.6 Å². The van der Waals surface area contributed by atoms with Gasteiger partial charge in [-0.1, -0.05) is 30.3 Å². The van der Waals surface area contributed by atoms with Crippen molar-refractivity contribution in [2.45, 2.75) is 5.25 Å². The average Bonchev–Trinajstić information content (AvgIpc) is 2.27. The summed E-state index contributed by atoms with van der Waals surface area (Å²) in [6.45, 7) is 0.846. The van der Waals surface area contributed by atoms with Gasteiger partial charge in [0.15, 0.2) is 0 Å². The van der Waals surface area contributed by atoms with Gasteiger partial charge in [-0.25, -0.2) is 8.42 Å². The molecule has 1 rings (SSSR count). The van der Waals surface area contributed by atoms with E-state index < -0.39 is 9.84 Å². The van der Waals surface area contributed by atoms with Crippen molar-refractivity contribution in [3.63, 3.8) is 0 Å². The summed E-state index contributed by atoms with van der Waals surface area (Å²) < 4.78 is 22.2. The third-order valence-electron chi connectivity index (χ3n) is 2.33. The van der Waals surface area contributed by atoms with Crippen LogP contribution in [0.15, 0.2) is 30.3 Å². The number of hydrogen-bond donors (Lipinski definition) is 1. The molecule has 0 aliphatic rings. The van der Waals surface area contributed by atoms with E-state index in [-0.39, 0.29) is 5.75 Å². The first kappa shape index (κ1) is 14.5. The van der Waals surface area contributed by atoms with Crippen LogP contribution in [0, 0.1) is 0 Å². The van der Waals surface area contributed by atoms with Crippen molar-refractivity contribution < 1.29 is 8.42 Å². The third-order valence-corrected chi connectivity index (χ3v) is 4.82. The Balaban J connectivity index is 2.56. The molecule has 1 atom stereocenters. The summed E-state index contributed by atoms with van der Waals surface area (Å²) >= 11 is 1.68. The van der Waals surface area contributed by atoms with E-state index in [0.29, 0.717) is 11.0 Å². The first-order valence-corrected chi connectivity index (χ1v) is 8.63. The van der Waals surface area contributed by atoms with Crippen molar-refractivity contribution in [1.82, 2.24) is 5.32 Å². The summed E-state index contributed by atoms with van der Waals surface area (Å²) in [6.07, 6.45) is 1.28. The van der Waals surface area contributed by atoms with Crippen LogP contribution in [-0.2, 0) is 9.84 Å². The standard InChI is InChI=1S/C12H19NO2S2/c1-13-10-12(11-6-4-3-5-7-11)16-8-9-17(2,14)15/h3-7,12-13H,8-10H2,1-2H3. The summed E-state index contributed by atoms with van der Waals surface area (Å²) in [7, 11) is -0.948. The van der Waals surface area contributed by atoms with Crippen molar-refractivity contribution in [2.75, 3.05) is 31.4 Å². The molecule has 3 nitrogen and oxygen atoms in total. The maximum atomic E-state index is 11.1. The molecule has 0 saturated heterocycles. The summed E-state index contributed by atoms with van der Waals surface area (Å²) in [5.74, 6) is 0.880. The fourth-order valence-electron chi connectivity index (χ4n) is 1.47. The van der Waals surface area contributed by atoms with Gasteiger partial charge in [0.05, 0.1) is 5.75 Å². The maximum absolute atomic E-state index is 11.1. The number of hydrogen-bond acceptors (Lipinski definition) is 4. The van der Waals surface area contributed by atoms with E-state index in [4.69, 9.17) is 0 Å². The molecule has 96 valence electrons. The molecule has 17 heavy (non-hydrogen) atoms. The van der Waals surface area contributed by atoms with E-state index in [1.165, 1.54) is 11.8 Å². The fourth-order valence-corrected chi connectivity index (χ4v) is 3.98. The highest BCUT2D eigenvalue weighted by Gasteiger charge is 2.12. The molecule has 0 aliphatic heterocycles. The molecular weight excluding hydrogens is 254 g/mol. The lowest BCUT2D eigenvalue weighted by atomic mass is 10.1. The fraction of sp³-hybridized carbons (Fsp3) is 0.500. The normalized spacial score (nSPS) is 13.5. The predicted molar refractivity (Wildman–Crippen MR) is 75.3 cm³/mol.